The van der Waals surface area contributed by atoms with Crippen LogP contribution in [0, 0.1) is 28.6 Å². The Kier molecular flexibility index (Phi) is 5.59. The van der Waals surface area contributed by atoms with Crippen LogP contribution in [0.3, 0.4) is 0 Å². The van der Waals surface area contributed by atoms with Crippen LogP contribution < -0.4 is 0 Å². The van der Waals surface area contributed by atoms with Crippen LogP contribution >= 0.6 is 11.6 Å². The smallest absolute Gasteiger partial charge is 0.333 e. The van der Waals surface area contributed by atoms with E-state index in [1.165, 1.54) is 12.2 Å². The van der Waals surface area contributed by atoms with Crippen LogP contribution in [0.4, 0.5) is 0 Å². The molecule has 0 aromatic rings. The van der Waals surface area contributed by atoms with Crippen molar-refractivity contribution in [1.82, 2.24) is 0 Å². The number of esters is 1. The minimum atomic E-state index is -1.74. The molecule has 1 heterocycles. The fourth-order valence-corrected chi connectivity index (χ4v) is 8.85. The van der Waals surface area contributed by atoms with Gasteiger partial charge in [-0.3, -0.25) is 4.79 Å². The van der Waals surface area contributed by atoms with Gasteiger partial charge >= 0.3 is 5.97 Å². The molecule has 0 bridgehead atoms. The number of ketones is 1. The van der Waals surface area contributed by atoms with E-state index in [4.69, 9.17) is 16.3 Å². The van der Waals surface area contributed by atoms with Gasteiger partial charge in [0.05, 0.1) is 16.4 Å². The number of halogens is 1. The van der Waals surface area contributed by atoms with Gasteiger partial charge in [-0.1, -0.05) is 31.1 Å². The van der Waals surface area contributed by atoms with Crippen molar-refractivity contribution >= 4 is 23.4 Å². The summed E-state index contributed by atoms with van der Waals surface area (Å²) in [5, 5.41) is 33.8. The summed E-state index contributed by atoms with van der Waals surface area (Å²) >= 11 is 6.79. The highest BCUT2D eigenvalue weighted by Gasteiger charge is 2.71. The molecule has 1 aliphatic heterocycles. The summed E-state index contributed by atoms with van der Waals surface area (Å²) in [6, 6.07) is 0. The highest BCUT2D eigenvalue weighted by atomic mass is 35.5. The molecule has 7 heteroatoms. The molecule has 2 saturated carbocycles. The van der Waals surface area contributed by atoms with Gasteiger partial charge in [0.2, 0.25) is 0 Å². The van der Waals surface area contributed by atoms with E-state index in [1.807, 2.05) is 13.8 Å². The molecule has 5 aliphatic rings. The molecule has 35 heavy (non-hydrogen) atoms. The van der Waals surface area contributed by atoms with Crippen molar-refractivity contribution in [3.63, 3.8) is 0 Å². The second-order valence-electron chi connectivity index (χ2n) is 12.1. The molecule has 2 unspecified atom stereocenters. The zero-order valence-corrected chi connectivity index (χ0v) is 21.9. The maximum Gasteiger partial charge on any atom is 0.333 e. The second kappa shape index (κ2) is 7.77. The lowest BCUT2D eigenvalue weighted by atomic mass is 9.43. The van der Waals surface area contributed by atoms with Crippen molar-refractivity contribution in [3.8, 4) is 0 Å². The average molecular weight is 505 g/mol. The van der Waals surface area contributed by atoms with Gasteiger partial charge in [0.25, 0.3) is 0 Å². The van der Waals surface area contributed by atoms with E-state index in [2.05, 4.69) is 13.0 Å². The third-order valence-corrected chi connectivity index (χ3v) is 11.5. The van der Waals surface area contributed by atoms with E-state index < -0.39 is 39.6 Å². The van der Waals surface area contributed by atoms with Crippen molar-refractivity contribution in [1.29, 1.82) is 0 Å². The van der Waals surface area contributed by atoms with Gasteiger partial charge in [-0.05, 0) is 70.4 Å². The van der Waals surface area contributed by atoms with Crippen molar-refractivity contribution in [3.05, 3.63) is 34.9 Å². The van der Waals surface area contributed by atoms with Crippen molar-refractivity contribution in [2.75, 3.05) is 0 Å². The number of aliphatic hydroxyl groups excluding tert-OH is 1. The van der Waals surface area contributed by atoms with Gasteiger partial charge < -0.3 is 20.1 Å². The van der Waals surface area contributed by atoms with E-state index in [0.29, 0.717) is 37.7 Å². The standard InChI is InChI=1S/C28H37ClO6/c1-14-12-20(35-24(32)15(14)2)16(3)27(33)11-9-18-17-13-21(29)28(34)23(31)7-6-22(30)26(28,5)19(17)8-10-25(18,27)4/h6-7,9,16-17,19-21,23,31,33-34H,8,10-13H2,1-5H3/t16-,17?,19?,20-,21+,23+,25+,26+,27-,28+/m1/s1. The molecule has 0 saturated heterocycles. The highest BCUT2D eigenvalue weighted by molar-refractivity contribution is 6.22. The van der Waals surface area contributed by atoms with Gasteiger partial charge in [-0.15, -0.1) is 11.6 Å². The molecule has 10 atom stereocenters. The molecule has 0 radical (unpaired) electrons. The van der Waals surface area contributed by atoms with Crippen LogP contribution in [0.5, 0.6) is 0 Å². The normalized spacial score (nSPS) is 50.2. The number of rotatable bonds is 2. The first-order chi connectivity index (χ1) is 16.2. The summed E-state index contributed by atoms with van der Waals surface area (Å²) in [6.45, 7) is 9.52. The Morgan fingerprint density at radius 2 is 1.89 bits per heavy atom. The minimum absolute atomic E-state index is 0.0943. The van der Waals surface area contributed by atoms with E-state index in [1.54, 1.807) is 13.8 Å². The molecular formula is C28H37ClO6. The predicted molar refractivity (Wildman–Crippen MR) is 131 cm³/mol. The molecule has 0 aromatic carbocycles. The highest BCUT2D eigenvalue weighted by Crippen LogP contribution is 2.68. The first-order valence-corrected chi connectivity index (χ1v) is 13.2. The molecule has 0 aromatic heterocycles. The van der Waals surface area contributed by atoms with Crippen LogP contribution in [-0.2, 0) is 14.3 Å². The lowest BCUT2D eigenvalue weighted by molar-refractivity contribution is -0.206. The molecule has 0 spiro atoms. The Morgan fingerprint density at radius 1 is 1.20 bits per heavy atom. The first kappa shape index (κ1) is 25.2. The lowest BCUT2D eigenvalue weighted by Crippen LogP contribution is -2.72. The average Bonchev–Trinajstić information content (AvgIpc) is 3.09. The Hall–Kier alpha value is -1.47. The van der Waals surface area contributed by atoms with Crippen LogP contribution in [0.15, 0.2) is 34.9 Å². The van der Waals surface area contributed by atoms with Gasteiger partial charge in [0.1, 0.15) is 17.8 Å². The minimum Gasteiger partial charge on any atom is -0.458 e. The van der Waals surface area contributed by atoms with Crippen LogP contribution in [0.25, 0.3) is 0 Å². The lowest BCUT2D eigenvalue weighted by Gasteiger charge is -2.63. The van der Waals surface area contributed by atoms with Crippen molar-refractivity contribution < 1.29 is 29.6 Å². The number of cyclic esters (lactones) is 1. The fraction of sp³-hybridized carbons (Fsp3) is 0.714. The summed E-state index contributed by atoms with van der Waals surface area (Å²) < 4.78 is 5.77. The molecule has 4 aliphatic carbocycles. The summed E-state index contributed by atoms with van der Waals surface area (Å²) in [4.78, 5) is 25.7. The van der Waals surface area contributed by atoms with E-state index >= 15 is 0 Å². The SMILES string of the molecule is CC1=C(C)C(=O)O[C@@H]([C@@H](C)[C@]2(O)CC=C3C4C[C@H](Cl)[C@]5(O)[C@@H](O)C=CC(=O)[C@]5(C)C4CC[C@@]32C)C1. The molecule has 3 N–H and O–H groups in total. The summed E-state index contributed by atoms with van der Waals surface area (Å²) in [5.41, 5.74) is -1.93. The maximum absolute atomic E-state index is 13.3. The molecule has 192 valence electrons. The largest absolute Gasteiger partial charge is 0.458 e. The summed E-state index contributed by atoms with van der Waals surface area (Å²) in [6.07, 6.45) is 5.92. The van der Waals surface area contributed by atoms with E-state index in [-0.39, 0.29) is 29.5 Å². The molecule has 0 amide bonds. The quantitative estimate of drug-likeness (QED) is 0.301. The second-order valence-corrected chi connectivity index (χ2v) is 12.6. The number of aliphatic hydroxyl groups is 3. The molecular weight excluding hydrogens is 468 g/mol. The number of carbonyl (C=O) groups excluding carboxylic acids is 2. The Labute approximate surface area is 212 Å². The molecule has 5 rings (SSSR count). The van der Waals surface area contributed by atoms with Gasteiger partial charge in [-0.2, -0.15) is 0 Å². The summed E-state index contributed by atoms with van der Waals surface area (Å²) in [5.74, 6) is -1.12. The topological polar surface area (TPSA) is 104 Å². The monoisotopic (exact) mass is 504 g/mol. The molecule has 2 fully saturated rings. The maximum atomic E-state index is 13.3. The number of carbonyl (C=O) groups is 2. The van der Waals surface area contributed by atoms with Crippen molar-refractivity contribution in [2.45, 2.75) is 95.5 Å². The number of ether oxygens (including phenoxy) is 1. The Balaban J connectivity index is 1.49. The number of hydrogen-bond donors (Lipinski definition) is 3. The fourth-order valence-electron chi connectivity index (χ4n) is 8.30. The van der Waals surface area contributed by atoms with Crippen molar-refractivity contribution in [2.24, 2.45) is 28.6 Å². The van der Waals surface area contributed by atoms with Crippen LogP contribution in [-0.4, -0.2) is 55.9 Å². The summed E-state index contributed by atoms with van der Waals surface area (Å²) in [7, 11) is 0. The molecule has 6 nitrogen and oxygen atoms in total. The first-order valence-electron chi connectivity index (χ1n) is 12.8. The van der Waals surface area contributed by atoms with E-state index in [0.717, 1.165) is 11.1 Å². The predicted octanol–water partition coefficient (Wildman–Crippen LogP) is 3.62. The van der Waals surface area contributed by atoms with Gasteiger partial charge in [0.15, 0.2) is 5.78 Å². The van der Waals surface area contributed by atoms with Gasteiger partial charge in [-0.25, -0.2) is 4.79 Å². The zero-order chi connectivity index (χ0) is 25.7. The Bertz CT molecular complexity index is 1080. The van der Waals surface area contributed by atoms with Crippen LogP contribution in [0.1, 0.15) is 66.7 Å². The number of alkyl halides is 1. The zero-order valence-electron chi connectivity index (χ0n) is 21.2. The van der Waals surface area contributed by atoms with Gasteiger partial charge in [0, 0.05) is 23.3 Å². The number of hydrogen-bond acceptors (Lipinski definition) is 6. The number of fused-ring (bicyclic) bond motifs is 5. The third-order valence-electron chi connectivity index (χ3n) is 11.0. The van der Waals surface area contributed by atoms with E-state index in [9.17, 15) is 24.9 Å². The Morgan fingerprint density at radius 3 is 2.54 bits per heavy atom. The third kappa shape index (κ3) is 2.94. The number of allylic oxidation sites excluding steroid dienone is 1. The van der Waals surface area contributed by atoms with Crippen LogP contribution in [0.2, 0.25) is 0 Å².